The van der Waals surface area contributed by atoms with Crippen LogP contribution in [0.5, 0.6) is 5.75 Å². The van der Waals surface area contributed by atoms with Crippen LogP contribution in [-0.4, -0.2) is 23.9 Å². The van der Waals surface area contributed by atoms with Crippen molar-refractivity contribution in [2.45, 2.75) is 32.7 Å². The number of hydrogen-bond acceptors (Lipinski definition) is 4. The van der Waals surface area contributed by atoms with Gasteiger partial charge in [-0.15, -0.1) is 0 Å². The minimum atomic E-state index is -0.865. The van der Waals surface area contributed by atoms with Crippen LogP contribution in [0.25, 0.3) is 5.76 Å². The summed E-state index contributed by atoms with van der Waals surface area (Å²) in [6, 6.07) is 16.5. The van der Waals surface area contributed by atoms with E-state index >= 15 is 0 Å². The summed E-state index contributed by atoms with van der Waals surface area (Å²) in [5.41, 5.74) is 3.24. The fraction of sp³-hybridized carbons (Fsp3) is 0.214. The molecule has 180 valence electrons. The topological polar surface area (TPSA) is 66.8 Å². The lowest BCUT2D eigenvalue weighted by Gasteiger charge is -2.27. The Morgan fingerprint density at radius 2 is 1.66 bits per heavy atom. The van der Waals surface area contributed by atoms with Crippen molar-refractivity contribution in [1.82, 2.24) is 0 Å². The zero-order valence-corrected chi connectivity index (χ0v) is 21.3. The molecule has 0 saturated carbocycles. The van der Waals surface area contributed by atoms with Gasteiger partial charge in [0, 0.05) is 21.3 Å². The van der Waals surface area contributed by atoms with Crippen molar-refractivity contribution in [3.8, 4) is 5.75 Å². The highest BCUT2D eigenvalue weighted by atomic mass is 35.5. The van der Waals surface area contributed by atoms with E-state index in [-0.39, 0.29) is 17.3 Å². The van der Waals surface area contributed by atoms with E-state index in [1.54, 1.807) is 43.5 Å². The van der Waals surface area contributed by atoms with E-state index in [0.717, 1.165) is 11.1 Å². The monoisotopic (exact) mass is 509 g/mol. The summed E-state index contributed by atoms with van der Waals surface area (Å²) in [7, 11) is 1.58. The second kappa shape index (κ2) is 9.76. The van der Waals surface area contributed by atoms with Gasteiger partial charge in [-0.2, -0.15) is 0 Å². The van der Waals surface area contributed by atoms with Crippen molar-refractivity contribution in [3.05, 3.63) is 98.5 Å². The first-order valence-electron chi connectivity index (χ1n) is 11.1. The first-order chi connectivity index (χ1) is 16.6. The number of Topliss-reactive ketones (excluding diaryl/α,β-unsaturated/α-hetero) is 1. The Balaban J connectivity index is 1.99. The maximum Gasteiger partial charge on any atom is 0.300 e. The highest BCUT2D eigenvalue weighted by Crippen LogP contribution is 2.44. The van der Waals surface area contributed by atoms with Gasteiger partial charge in [0.1, 0.15) is 11.5 Å². The van der Waals surface area contributed by atoms with E-state index in [1.165, 1.54) is 4.90 Å². The van der Waals surface area contributed by atoms with Gasteiger partial charge in [-0.25, -0.2) is 0 Å². The van der Waals surface area contributed by atoms with E-state index in [4.69, 9.17) is 27.9 Å². The Morgan fingerprint density at radius 3 is 2.26 bits per heavy atom. The molecule has 1 aliphatic rings. The molecule has 0 aromatic heterocycles. The number of ketones is 1. The highest BCUT2D eigenvalue weighted by Gasteiger charge is 2.47. The van der Waals surface area contributed by atoms with Crippen molar-refractivity contribution in [2.24, 2.45) is 0 Å². The zero-order valence-electron chi connectivity index (χ0n) is 19.8. The van der Waals surface area contributed by atoms with E-state index in [1.807, 2.05) is 45.0 Å². The van der Waals surface area contributed by atoms with Gasteiger partial charge < -0.3 is 9.84 Å². The molecule has 3 aromatic carbocycles. The fourth-order valence-corrected chi connectivity index (χ4v) is 4.97. The maximum atomic E-state index is 13.4. The number of methoxy groups -OCH3 is 1. The van der Waals surface area contributed by atoms with Crippen LogP contribution >= 0.6 is 23.2 Å². The van der Waals surface area contributed by atoms with E-state index in [2.05, 4.69) is 0 Å². The third kappa shape index (κ3) is 4.54. The molecule has 0 aliphatic carbocycles. The number of aryl methyl sites for hydroxylation is 1. The molecule has 35 heavy (non-hydrogen) atoms. The number of rotatable bonds is 5. The van der Waals surface area contributed by atoms with Crippen LogP contribution < -0.4 is 9.64 Å². The minimum absolute atomic E-state index is 0.000251. The Kier molecular flexibility index (Phi) is 6.93. The number of benzene rings is 3. The molecule has 5 nitrogen and oxygen atoms in total. The molecule has 1 fully saturated rings. The van der Waals surface area contributed by atoms with E-state index < -0.39 is 17.7 Å². The van der Waals surface area contributed by atoms with Crippen molar-refractivity contribution in [2.75, 3.05) is 12.0 Å². The fourth-order valence-electron chi connectivity index (χ4n) is 4.45. The van der Waals surface area contributed by atoms with Crippen LogP contribution in [-0.2, 0) is 9.59 Å². The minimum Gasteiger partial charge on any atom is -0.507 e. The van der Waals surface area contributed by atoms with Gasteiger partial charge in [0.05, 0.1) is 18.7 Å². The summed E-state index contributed by atoms with van der Waals surface area (Å²) >= 11 is 12.5. The molecular formula is C28H25Cl2NO4. The van der Waals surface area contributed by atoms with Crippen LogP contribution in [0.4, 0.5) is 5.69 Å². The summed E-state index contributed by atoms with van der Waals surface area (Å²) in [6.45, 7) is 5.91. The average Bonchev–Trinajstić information content (AvgIpc) is 3.08. The van der Waals surface area contributed by atoms with Crippen molar-refractivity contribution < 1.29 is 19.4 Å². The molecule has 1 N–H and O–H groups in total. The number of amides is 1. The summed E-state index contributed by atoms with van der Waals surface area (Å²) in [5, 5.41) is 12.1. The average molecular weight is 510 g/mol. The highest BCUT2D eigenvalue weighted by molar-refractivity contribution is 6.52. The Bertz CT molecular complexity index is 1340. The summed E-state index contributed by atoms with van der Waals surface area (Å²) in [4.78, 5) is 28.1. The molecule has 1 unspecified atom stereocenters. The molecule has 1 saturated heterocycles. The summed E-state index contributed by atoms with van der Waals surface area (Å²) in [6.07, 6.45) is 0. The summed E-state index contributed by atoms with van der Waals surface area (Å²) in [5.74, 6) is -1.01. The van der Waals surface area contributed by atoms with Gasteiger partial charge in [0.15, 0.2) is 0 Å². The third-order valence-corrected chi connectivity index (χ3v) is 6.61. The normalized spacial score (nSPS) is 17.3. The molecule has 0 radical (unpaired) electrons. The number of hydrogen-bond donors (Lipinski definition) is 1. The van der Waals surface area contributed by atoms with Gasteiger partial charge >= 0.3 is 0 Å². The number of ether oxygens (including phenoxy) is 1. The molecular weight excluding hydrogens is 485 g/mol. The van der Waals surface area contributed by atoms with Gasteiger partial charge in [-0.05, 0) is 65.9 Å². The molecule has 7 heteroatoms. The van der Waals surface area contributed by atoms with E-state index in [9.17, 15) is 14.7 Å². The Morgan fingerprint density at radius 1 is 1.00 bits per heavy atom. The number of nitrogens with zero attached hydrogens (tertiary/aromatic N) is 1. The van der Waals surface area contributed by atoms with Gasteiger partial charge in [0.2, 0.25) is 0 Å². The number of carbonyl (C=O) groups is 2. The Labute approximate surface area is 214 Å². The van der Waals surface area contributed by atoms with Crippen LogP contribution in [0.3, 0.4) is 0 Å². The molecule has 1 heterocycles. The molecule has 1 atom stereocenters. The molecule has 1 aliphatic heterocycles. The van der Waals surface area contributed by atoms with Crippen LogP contribution in [0.2, 0.25) is 10.0 Å². The van der Waals surface area contributed by atoms with Gasteiger partial charge in [-0.1, -0.05) is 61.3 Å². The van der Waals surface area contributed by atoms with Crippen molar-refractivity contribution >= 4 is 46.3 Å². The SMILES string of the molecule is COc1ccc(/C(O)=C2\C(=O)C(=O)N(c3cc(Cl)cc(Cl)c3)C2c2ccccc2C)cc1C(C)C. The lowest BCUT2D eigenvalue weighted by Crippen LogP contribution is -2.29. The largest absolute Gasteiger partial charge is 0.507 e. The predicted molar refractivity (Wildman–Crippen MR) is 140 cm³/mol. The first kappa shape index (κ1) is 24.8. The third-order valence-electron chi connectivity index (χ3n) is 6.18. The second-order valence-electron chi connectivity index (χ2n) is 8.76. The van der Waals surface area contributed by atoms with Crippen LogP contribution in [0.1, 0.15) is 48.1 Å². The predicted octanol–water partition coefficient (Wildman–Crippen LogP) is 7.06. The van der Waals surface area contributed by atoms with Crippen LogP contribution in [0.15, 0.2) is 66.2 Å². The van der Waals surface area contributed by atoms with Crippen molar-refractivity contribution in [1.29, 1.82) is 0 Å². The number of halogens is 2. The quantitative estimate of drug-likeness (QED) is 0.227. The molecule has 1 amide bonds. The lowest BCUT2D eigenvalue weighted by molar-refractivity contribution is -0.132. The summed E-state index contributed by atoms with van der Waals surface area (Å²) < 4.78 is 5.46. The standard InChI is InChI=1S/C28H25Cl2NO4/c1-15(2)22-11-17(9-10-23(22)35-4)26(32)24-25(21-8-6-5-7-16(21)3)31(28(34)27(24)33)20-13-18(29)12-19(30)14-20/h5-15,25,32H,1-4H3/b26-24+. The van der Waals surface area contributed by atoms with E-state index in [0.29, 0.717) is 32.6 Å². The lowest BCUT2D eigenvalue weighted by atomic mass is 9.91. The molecule has 4 rings (SSSR count). The maximum absolute atomic E-state index is 13.4. The molecule has 0 spiro atoms. The first-order valence-corrected chi connectivity index (χ1v) is 11.9. The second-order valence-corrected chi connectivity index (χ2v) is 9.64. The Hall–Kier alpha value is -3.28. The molecule has 3 aromatic rings. The zero-order chi connectivity index (χ0) is 25.4. The van der Waals surface area contributed by atoms with Gasteiger partial charge in [-0.3, -0.25) is 14.5 Å². The van der Waals surface area contributed by atoms with Crippen LogP contribution in [0, 0.1) is 6.92 Å². The van der Waals surface area contributed by atoms with Gasteiger partial charge in [0.25, 0.3) is 11.7 Å². The smallest absolute Gasteiger partial charge is 0.300 e. The number of aliphatic hydroxyl groups excluding tert-OH is 1. The van der Waals surface area contributed by atoms with Crippen molar-refractivity contribution in [3.63, 3.8) is 0 Å². The number of anilines is 1. The number of carbonyl (C=O) groups excluding carboxylic acids is 2. The number of aliphatic hydroxyl groups is 1. The molecule has 0 bridgehead atoms.